The molecule has 1 aliphatic heterocycles. The highest BCUT2D eigenvalue weighted by Crippen LogP contribution is 2.18. The SMILES string of the molecule is NC(Cc1ccc(Cl)cc1)C1CCCCO1. The van der Waals surface area contributed by atoms with E-state index in [-0.39, 0.29) is 12.1 Å². The van der Waals surface area contributed by atoms with Crippen LogP contribution in [0.3, 0.4) is 0 Å². The van der Waals surface area contributed by atoms with Crippen molar-refractivity contribution >= 4 is 11.6 Å². The van der Waals surface area contributed by atoms with E-state index in [1.807, 2.05) is 24.3 Å². The van der Waals surface area contributed by atoms with Crippen molar-refractivity contribution in [3.8, 4) is 0 Å². The third-order valence-electron chi connectivity index (χ3n) is 3.08. The Morgan fingerprint density at radius 3 is 2.69 bits per heavy atom. The second kappa shape index (κ2) is 5.67. The fourth-order valence-corrected chi connectivity index (χ4v) is 2.25. The quantitative estimate of drug-likeness (QED) is 0.881. The molecule has 1 fully saturated rings. The van der Waals surface area contributed by atoms with Gasteiger partial charge in [0.2, 0.25) is 0 Å². The maximum Gasteiger partial charge on any atom is 0.0729 e. The molecule has 1 aromatic rings. The van der Waals surface area contributed by atoms with E-state index in [9.17, 15) is 0 Å². The number of halogens is 1. The molecule has 1 heterocycles. The molecule has 3 heteroatoms. The predicted octanol–water partition coefficient (Wildman–Crippen LogP) is 2.78. The van der Waals surface area contributed by atoms with Crippen molar-refractivity contribution in [1.29, 1.82) is 0 Å². The first-order chi connectivity index (χ1) is 7.75. The van der Waals surface area contributed by atoms with E-state index >= 15 is 0 Å². The Bertz CT molecular complexity index is 319. The molecular formula is C13H18ClNO. The maximum atomic E-state index is 6.16. The molecule has 2 nitrogen and oxygen atoms in total. The zero-order valence-electron chi connectivity index (χ0n) is 9.36. The van der Waals surface area contributed by atoms with E-state index < -0.39 is 0 Å². The summed E-state index contributed by atoms with van der Waals surface area (Å²) in [5, 5.41) is 0.770. The largest absolute Gasteiger partial charge is 0.377 e. The fourth-order valence-electron chi connectivity index (χ4n) is 2.13. The summed E-state index contributed by atoms with van der Waals surface area (Å²) in [6.45, 7) is 0.860. The number of benzene rings is 1. The van der Waals surface area contributed by atoms with Crippen LogP contribution in [0.25, 0.3) is 0 Å². The number of hydrogen-bond acceptors (Lipinski definition) is 2. The molecule has 0 aromatic heterocycles. The standard InChI is InChI=1S/C13H18ClNO/c14-11-6-4-10(5-7-11)9-12(15)13-3-1-2-8-16-13/h4-7,12-13H,1-3,8-9,15H2. The van der Waals surface area contributed by atoms with Gasteiger partial charge in [-0.25, -0.2) is 0 Å². The van der Waals surface area contributed by atoms with Gasteiger partial charge in [0.05, 0.1) is 6.10 Å². The summed E-state index contributed by atoms with van der Waals surface area (Å²) >= 11 is 5.84. The van der Waals surface area contributed by atoms with Gasteiger partial charge in [-0.15, -0.1) is 0 Å². The van der Waals surface area contributed by atoms with Gasteiger partial charge in [-0.3, -0.25) is 0 Å². The molecule has 2 rings (SSSR count). The van der Waals surface area contributed by atoms with Crippen molar-refractivity contribution in [2.45, 2.75) is 37.8 Å². The Hall–Kier alpha value is -0.570. The highest BCUT2D eigenvalue weighted by molar-refractivity contribution is 6.30. The Labute approximate surface area is 102 Å². The molecular weight excluding hydrogens is 222 g/mol. The highest BCUT2D eigenvalue weighted by atomic mass is 35.5. The molecule has 1 aliphatic rings. The lowest BCUT2D eigenvalue weighted by Crippen LogP contribution is -2.40. The molecule has 0 saturated carbocycles. The van der Waals surface area contributed by atoms with Gasteiger partial charge in [0, 0.05) is 17.7 Å². The lowest BCUT2D eigenvalue weighted by molar-refractivity contribution is 0.000636. The minimum absolute atomic E-state index is 0.0986. The van der Waals surface area contributed by atoms with Crippen molar-refractivity contribution in [3.63, 3.8) is 0 Å². The molecule has 0 aliphatic carbocycles. The average Bonchev–Trinajstić information content (AvgIpc) is 2.33. The molecule has 1 aromatic carbocycles. The van der Waals surface area contributed by atoms with Crippen LogP contribution in [-0.2, 0) is 11.2 Å². The van der Waals surface area contributed by atoms with Crippen molar-refractivity contribution < 1.29 is 4.74 Å². The molecule has 1 saturated heterocycles. The van der Waals surface area contributed by atoms with Gasteiger partial charge in [0.15, 0.2) is 0 Å². The first-order valence-electron chi connectivity index (χ1n) is 5.87. The van der Waals surface area contributed by atoms with E-state index in [0.29, 0.717) is 0 Å². The van der Waals surface area contributed by atoms with Gasteiger partial charge in [0.25, 0.3) is 0 Å². The highest BCUT2D eigenvalue weighted by Gasteiger charge is 2.21. The van der Waals surface area contributed by atoms with Gasteiger partial charge in [-0.1, -0.05) is 23.7 Å². The first-order valence-corrected chi connectivity index (χ1v) is 6.25. The minimum atomic E-state index is 0.0986. The van der Waals surface area contributed by atoms with Crippen LogP contribution in [0.2, 0.25) is 5.02 Å². The summed E-state index contributed by atoms with van der Waals surface area (Å²) in [5.74, 6) is 0. The van der Waals surface area contributed by atoms with Gasteiger partial charge in [-0.2, -0.15) is 0 Å². The van der Waals surface area contributed by atoms with Crippen molar-refractivity contribution in [2.24, 2.45) is 5.73 Å². The van der Waals surface area contributed by atoms with Gasteiger partial charge >= 0.3 is 0 Å². The fraction of sp³-hybridized carbons (Fsp3) is 0.538. The Morgan fingerprint density at radius 2 is 2.06 bits per heavy atom. The Morgan fingerprint density at radius 1 is 1.31 bits per heavy atom. The Balaban J connectivity index is 1.90. The van der Waals surface area contributed by atoms with Crippen molar-refractivity contribution in [1.82, 2.24) is 0 Å². The van der Waals surface area contributed by atoms with Crippen molar-refractivity contribution in [3.05, 3.63) is 34.9 Å². The van der Waals surface area contributed by atoms with Crippen LogP contribution in [-0.4, -0.2) is 18.8 Å². The number of ether oxygens (including phenoxy) is 1. The molecule has 0 spiro atoms. The van der Waals surface area contributed by atoms with E-state index in [1.165, 1.54) is 18.4 Å². The maximum absolute atomic E-state index is 6.16. The summed E-state index contributed by atoms with van der Waals surface area (Å²) in [6.07, 6.45) is 4.59. The average molecular weight is 240 g/mol. The van der Waals surface area contributed by atoms with Gasteiger partial charge in [-0.05, 0) is 43.4 Å². The molecule has 88 valence electrons. The molecule has 0 radical (unpaired) electrons. The summed E-state index contributed by atoms with van der Waals surface area (Å²) in [4.78, 5) is 0. The molecule has 2 N–H and O–H groups in total. The van der Waals surface area contributed by atoms with E-state index in [1.54, 1.807) is 0 Å². The molecule has 2 unspecified atom stereocenters. The number of nitrogens with two attached hydrogens (primary N) is 1. The minimum Gasteiger partial charge on any atom is -0.377 e. The molecule has 0 amide bonds. The number of rotatable bonds is 3. The second-order valence-corrected chi connectivity index (χ2v) is 4.84. The van der Waals surface area contributed by atoms with Crippen LogP contribution in [0.15, 0.2) is 24.3 Å². The summed E-state index contributed by atoms with van der Waals surface area (Å²) in [7, 11) is 0. The van der Waals surface area contributed by atoms with E-state index in [0.717, 1.165) is 24.5 Å². The summed E-state index contributed by atoms with van der Waals surface area (Å²) in [6, 6.07) is 7.98. The van der Waals surface area contributed by atoms with E-state index in [2.05, 4.69) is 0 Å². The third kappa shape index (κ3) is 3.21. The third-order valence-corrected chi connectivity index (χ3v) is 3.33. The van der Waals surface area contributed by atoms with Crippen LogP contribution >= 0.6 is 11.6 Å². The topological polar surface area (TPSA) is 35.2 Å². The van der Waals surface area contributed by atoms with Crippen LogP contribution in [0.5, 0.6) is 0 Å². The first kappa shape index (κ1) is 11.9. The molecule has 0 bridgehead atoms. The van der Waals surface area contributed by atoms with Crippen LogP contribution in [0, 0.1) is 0 Å². The smallest absolute Gasteiger partial charge is 0.0729 e. The lowest BCUT2D eigenvalue weighted by atomic mass is 9.97. The van der Waals surface area contributed by atoms with Crippen LogP contribution in [0.4, 0.5) is 0 Å². The second-order valence-electron chi connectivity index (χ2n) is 4.40. The van der Waals surface area contributed by atoms with Crippen molar-refractivity contribution in [2.75, 3.05) is 6.61 Å². The summed E-state index contributed by atoms with van der Waals surface area (Å²) in [5.41, 5.74) is 7.39. The van der Waals surface area contributed by atoms with E-state index in [4.69, 9.17) is 22.1 Å². The van der Waals surface area contributed by atoms with Crippen LogP contribution in [0.1, 0.15) is 24.8 Å². The number of hydrogen-bond donors (Lipinski definition) is 1. The zero-order chi connectivity index (χ0) is 11.4. The molecule has 16 heavy (non-hydrogen) atoms. The van der Waals surface area contributed by atoms with Gasteiger partial charge in [0.1, 0.15) is 0 Å². The lowest BCUT2D eigenvalue weighted by Gasteiger charge is -2.28. The monoisotopic (exact) mass is 239 g/mol. The Kier molecular flexibility index (Phi) is 4.22. The van der Waals surface area contributed by atoms with Gasteiger partial charge < -0.3 is 10.5 Å². The van der Waals surface area contributed by atoms with Crippen LogP contribution < -0.4 is 5.73 Å². The molecule has 2 atom stereocenters. The normalized spacial score (nSPS) is 23.0. The summed E-state index contributed by atoms with van der Waals surface area (Å²) < 4.78 is 5.68. The zero-order valence-corrected chi connectivity index (χ0v) is 10.1. The predicted molar refractivity (Wildman–Crippen MR) is 66.7 cm³/mol.